The summed E-state index contributed by atoms with van der Waals surface area (Å²) in [6.45, 7) is 3.55. The molecule has 0 heterocycles. The molecule has 0 fully saturated rings. The summed E-state index contributed by atoms with van der Waals surface area (Å²) in [7, 11) is -4.01. The molecule has 5 nitrogen and oxygen atoms in total. The van der Waals surface area contributed by atoms with Crippen molar-refractivity contribution >= 4 is 56.5 Å². The van der Waals surface area contributed by atoms with Gasteiger partial charge in [0.05, 0.1) is 27.7 Å². The highest BCUT2D eigenvalue weighted by molar-refractivity contribution is 7.92. The number of hydrogen-bond acceptors (Lipinski definition) is 4. The van der Waals surface area contributed by atoms with Crippen molar-refractivity contribution in [1.29, 1.82) is 0 Å². The minimum atomic E-state index is -4.01. The lowest BCUT2D eigenvalue weighted by atomic mass is 10.2. The number of halogens is 3. The highest BCUT2D eigenvalue weighted by Gasteiger charge is 2.26. The van der Waals surface area contributed by atoms with Crippen LogP contribution in [0.5, 0.6) is 0 Å². The molecule has 0 amide bonds. The molecular weight excluding hydrogens is 493 g/mol. The molecule has 166 valence electrons. The van der Waals surface area contributed by atoms with Crippen molar-refractivity contribution in [3.05, 3.63) is 106 Å². The van der Waals surface area contributed by atoms with Crippen LogP contribution >= 0.6 is 34.8 Å². The Morgan fingerprint density at radius 2 is 1.69 bits per heavy atom. The molecule has 0 radical (unpaired) electrons. The summed E-state index contributed by atoms with van der Waals surface area (Å²) in [6.07, 6.45) is 1.48. The number of anilines is 1. The van der Waals surface area contributed by atoms with E-state index in [4.69, 9.17) is 39.5 Å². The molecule has 0 N–H and O–H groups in total. The van der Waals surface area contributed by atoms with E-state index in [2.05, 4.69) is 6.58 Å². The molecule has 32 heavy (non-hydrogen) atoms. The van der Waals surface area contributed by atoms with Crippen molar-refractivity contribution in [1.82, 2.24) is 0 Å². The van der Waals surface area contributed by atoms with Crippen molar-refractivity contribution in [3.63, 3.8) is 0 Å². The standard InChI is InChI=1S/C23H18Cl3NO4S/c1-2-12-27(18-6-4-3-5-7-18)32(29,30)19-10-11-21(25)20(14-19)23(28)31-15-16-8-9-17(24)13-22(16)26/h2-11,13-14H,1,12,15H2. The monoisotopic (exact) mass is 509 g/mol. The zero-order valence-corrected chi connectivity index (χ0v) is 19.8. The number of benzene rings is 3. The molecule has 0 aliphatic heterocycles. The van der Waals surface area contributed by atoms with Gasteiger partial charge in [0.2, 0.25) is 0 Å². The summed E-state index contributed by atoms with van der Waals surface area (Å²) in [5.74, 6) is -0.784. The van der Waals surface area contributed by atoms with E-state index in [1.54, 1.807) is 42.5 Å². The van der Waals surface area contributed by atoms with Crippen LogP contribution in [0.15, 0.2) is 84.3 Å². The number of nitrogens with zero attached hydrogens (tertiary/aromatic N) is 1. The van der Waals surface area contributed by atoms with Gasteiger partial charge in [-0.2, -0.15) is 0 Å². The maximum atomic E-state index is 13.3. The van der Waals surface area contributed by atoms with Gasteiger partial charge in [-0.3, -0.25) is 4.31 Å². The number of sulfonamides is 1. The fraction of sp³-hybridized carbons (Fsp3) is 0.0870. The molecule has 0 aliphatic rings. The van der Waals surface area contributed by atoms with Crippen LogP contribution in [-0.2, 0) is 21.4 Å². The highest BCUT2D eigenvalue weighted by atomic mass is 35.5. The first kappa shape index (κ1) is 24.1. The van der Waals surface area contributed by atoms with E-state index in [1.165, 1.54) is 34.6 Å². The Morgan fingerprint density at radius 3 is 2.34 bits per heavy atom. The van der Waals surface area contributed by atoms with Crippen molar-refractivity contribution in [2.75, 3.05) is 10.8 Å². The molecule has 0 aliphatic carbocycles. The van der Waals surface area contributed by atoms with E-state index >= 15 is 0 Å². The molecule has 0 atom stereocenters. The molecular formula is C23H18Cl3NO4S. The number of esters is 1. The van der Waals surface area contributed by atoms with Gasteiger partial charge in [-0.25, -0.2) is 13.2 Å². The maximum Gasteiger partial charge on any atom is 0.340 e. The van der Waals surface area contributed by atoms with Gasteiger partial charge in [-0.1, -0.05) is 65.1 Å². The topological polar surface area (TPSA) is 63.7 Å². The minimum Gasteiger partial charge on any atom is -0.457 e. The van der Waals surface area contributed by atoms with Crippen LogP contribution in [0.1, 0.15) is 15.9 Å². The number of rotatable bonds is 8. The van der Waals surface area contributed by atoms with Gasteiger partial charge in [-0.05, 0) is 42.5 Å². The van der Waals surface area contributed by atoms with Crippen molar-refractivity contribution in [2.24, 2.45) is 0 Å². The molecule has 3 aromatic carbocycles. The summed E-state index contributed by atoms with van der Waals surface area (Å²) in [6, 6.07) is 17.2. The quantitative estimate of drug-likeness (QED) is 0.260. The fourth-order valence-electron chi connectivity index (χ4n) is 2.86. The van der Waals surface area contributed by atoms with Crippen LogP contribution < -0.4 is 4.31 Å². The van der Waals surface area contributed by atoms with Crippen LogP contribution in [0.25, 0.3) is 0 Å². The maximum absolute atomic E-state index is 13.3. The molecule has 0 saturated heterocycles. The Labute approximate surface area is 201 Å². The number of para-hydroxylation sites is 1. The first-order valence-corrected chi connectivity index (χ1v) is 11.9. The smallest absolute Gasteiger partial charge is 0.340 e. The second-order valence-electron chi connectivity index (χ2n) is 6.61. The number of carbonyl (C=O) groups excluding carboxylic acids is 1. The Hall–Kier alpha value is -2.51. The second kappa shape index (κ2) is 10.4. The van der Waals surface area contributed by atoms with Gasteiger partial charge in [0.1, 0.15) is 6.61 Å². The summed E-state index contributed by atoms with van der Waals surface area (Å²) < 4.78 is 33.1. The van der Waals surface area contributed by atoms with E-state index in [9.17, 15) is 13.2 Å². The van der Waals surface area contributed by atoms with Crippen LogP contribution in [0.2, 0.25) is 15.1 Å². The van der Waals surface area contributed by atoms with Crippen LogP contribution in [0, 0.1) is 0 Å². The van der Waals surface area contributed by atoms with Crippen molar-refractivity contribution in [2.45, 2.75) is 11.5 Å². The number of hydrogen-bond donors (Lipinski definition) is 0. The molecule has 0 aromatic heterocycles. The lowest BCUT2D eigenvalue weighted by Crippen LogP contribution is -2.31. The third-order valence-electron chi connectivity index (χ3n) is 4.46. The normalized spacial score (nSPS) is 11.1. The predicted octanol–water partition coefficient (Wildman–Crippen LogP) is 6.39. The molecule has 0 bridgehead atoms. The van der Waals surface area contributed by atoms with Gasteiger partial charge >= 0.3 is 5.97 Å². The second-order valence-corrected chi connectivity index (χ2v) is 9.73. The highest BCUT2D eigenvalue weighted by Crippen LogP contribution is 2.28. The largest absolute Gasteiger partial charge is 0.457 e. The van der Waals surface area contributed by atoms with E-state index in [0.29, 0.717) is 21.3 Å². The molecule has 0 unspecified atom stereocenters. The van der Waals surface area contributed by atoms with E-state index in [-0.39, 0.29) is 28.6 Å². The lowest BCUT2D eigenvalue weighted by molar-refractivity contribution is 0.0473. The molecule has 3 rings (SSSR count). The van der Waals surface area contributed by atoms with Gasteiger partial charge in [0, 0.05) is 15.6 Å². The first-order valence-electron chi connectivity index (χ1n) is 9.33. The van der Waals surface area contributed by atoms with E-state index in [1.807, 2.05) is 0 Å². The lowest BCUT2D eigenvalue weighted by Gasteiger charge is -2.23. The predicted molar refractivity (Wildman–Crippen MR) is 128 cm³/mol. The van der Waals surface area contributed by atoms with Crippen molar-refractivity contribution in [3.8, 4) is 0 Å². The Kier molecular flexibility index (Phi) is 7.85. The third kappa shape index (κ3) is 5.45. The van der Waals surface area contributed by atoms with E-state index in [0.717, 1.165) is 0 Å². The SMILES string of the molecule is C=CCN(c1ccccc1)S(=O)(=O)c1ccc(Cl)c(C(=O)OCc2ccc(Cl)cc2Cl)c1. The Balaban J connectivity index is 1.89. The summed E-state index contributed by atoms with van der Waals surface area (Å²) in [5, 5.41) is 0.857. The Bertz CT molecular complexity index is 1250. The minimum absolute atomic E-state index is 0.0455. The molecule has 9 heteroatoms. The molecule has 0 spiro atoms. The zero-order chi connectivity index (χ0) is 23.3. The van der Waals surface area contributed by atoms with Crippen LogP contribution in [-0.4, -0.2) is 20.9 Å². The third-order valence-corrected chi connectivity index (χ3v) is 7.17. The fourth-order valence-corrected chi connectivity index (χ4v) is 4.98. The summed E-state index contributed by atoms with van der Waals surface area (Å²) in [5.41, 5.74) is 0.929. The summed E-state index contributed by atoms with van der Waals surface area (Å²) >= 11 is 18.1. The van der Waals surface area contributed by atoms with E-state index < -0.39 is 16.0 Å². The number of carbonyl (C=O) groups is 1. The van der Waals surface area contributed by atoms with Crippen molar-refractivity contribution < 1.29 is 17.9 Å². The average Bonchev–Trinajstić information content (AvgIpc) is 2.77. The van der Waals surface area contributed by atoms with Gasteiger partial charge < -0.3 is 4.74 Å². The zero-order valence-electron chi connectivity index (χ0n) is 16.7. The van der Waals surface area contributed by atoms with Gasteiger partial charge in [0.25, 0.3) is 10.0 Å². The average molecular weight is 511 g/mol. The van der Waals surface area contributed by atoms with Crippen LogP contribution in [0.3, 0.4) is 0 Å². The van der Waals surface area contributed by atoms with Crippen LogP contribution in [0.4, 0.5) is 5.69 Å². The molecule has 0 saturated carbocycles. The number of ether oxygens (including phenoxy) is 1. The first-order chi connectivity index (χ1) is 15.2. The summed E-state index contributed by atoms with van der Waals surface area (Å²) in [4.78, 5) is 12.6. The van der Waals surface area contributed by atoms with Gasteiger partial charge in [0.15, 0.2) is 0 Å². The Morgan fingerprint density at radius 1 is 0.969 bits per heavy atom. The van der Waals surface area contributed by atoms with Gasteiger partial charge in [-0.15, -0.1) is 6.58 Å². The molecule has 3 aromatic rings.